The number of furan rings is 1. The maximum absolute atomic E-state index is 13.2. The van der Waals surface area contributed by atoms with Crippen molar-refractivity contribution in [2.75, 3.05) is 19.6 Å². The van der Waals surface area contributed by atoms with Crippen LogP contribution in [-0.2, 0) is 9.59 Å². The number of likely N-dealkylation sites (N-methyl/N-ethyl adjacent to an activating group) is 1. The Bertz CT molecular complexity index is 927. The van der Waals surface area contributed by atoms with Crippen LogP contribution in [0.2, 0.25) is 0 Å². The summed E-state index contributed by atoms with van der Waals surface area (Å²) in [5, 5.41) is 9.17. The van der Waals surface area contributed by atoms with Gasteiger partial charge in [0.1, 0.15) is 11.8 Å². The van der Waals surface area contributed by atoms with E-state index >= 15 is 0 Å². The second kappa shape index (κ2) is 9.47. The molecule has 1 unspecified atom stereocenters. The lowest BCUT2D eigenvalue weighted by atomic mass is 10.0. The van der Waals surface area contributed by atoms with Crippen molar-refractivity contribution >= 4 is 17.5 Å². The number of hydrogen-bond donors (Lipinski definition) is 2. The Morgan fingerprint density at radius 2 is 1.90 bits per heavy atom. The van der Waals surface area contributed by atoms with Gasteiger partial charge < -0.3 is 14.6 Å². The molecule has 0 radical (unpaired) electrons. The maximum Gasteiger partial charge on any atom is 0.298 e. The molecule has 7 nitrogen and oxygen atoms in total. The van der Waals surface area contributed by atoms with Gasteiger partial charge >= 0.3 is 0 Å². The summed E-state index contributed by atoms with van der Waals surface area (Å²) in [6.45, 7) is 10.9. The van der Waals surface area contributed by atoms with E-state index in [1.807, 2.05) is 71.0 Å². The second-order valence-corrected chi connectivity index (χ2v) is 9.14. The predicted octanol–water partition coefficient (Wildman–Crippen LogP) is 2.09. The van der Waals surface area contributed by atoms with Gasteiger partial charge in [0, 0.05) is 12.0 Å². The van der Waals surface area contributed by atoms with E-state index in [4.69, 9.17) is 4.42 Å². The lowest BCUT2D eigenvalue weighted by Gasteiger charge is -2.25. The minimum absolute atomic E-state index is 0.0648. The summed E-state index contributed by atoms with van der Waals surface area (Å²) in [5.41, 5.74) is 2.74. The SMILES string of the molecule is CC[NH+](CC(=O)NC(C)(C)C)CC(=O)N1N=C(c2ccc(C)cc2)C[C@@H]1c1ccco1. The quantitative estimate of drug-likeness (QED) is 0.713. The van der Waals surface area contributed by atoms with Gasteiger partial charge in [-0.05, 0) is 52.3 Å². The van der Waals surface area contributed by atoms with Crippen LogP contribution in [-0.4, -0.2) is 47.7 Å². The largest absolute Gasteiger partial charge is 0.467 e. The van der Waals surface area contributed by atoms with Crippen LogP contribution in [0.5, 0.6) is 0 Å². The van der Waals surface area contributed by atoms with E-state index in [1.165, 1.54) is 10.6 Å². The van der Waals surface area contributed by atoms with E-state index in [1.54, 1.807) is 6.26 Å². The third kappa shape index (κ3) is 6.04. The summed E-state index contributed by atoms with van der Waals surface area (Å²) in [5.74, 6) is 0.525. The molecule has 7 heteroatoms. The van der Waals surface area contributed by atoms with E-state index in [9.17, 15) is 9.59 Å². The molecule has 2 heterocycles. The topological polar surface area (TPSA) is 79.4 Å². The minimum atomic E-state index is -0.299. The number of rotatable bonds is 7. The fraction of sp³-hybridized carbons (Fsp3) is 0.458. The summed E-state index contributed by atoms with van der Waals surface area (Å²) in [4.78, 5) is 26.5. The number of benzene rings is 1. The van der Waals surface area contributed by atoms with Crippen LogP contribution in [0.3, 0.4) is 0 Å². The van der Waals surface area contributed by atoms with Gasteiger partial charge in [0.2, 0.25) is 0 Å². The number of quaternary nitrogens is 1. The minimum Gasteiger partial charge on any atom is -0.467 e. The first-order chi connectivity index (χ1) is 14.7. The number of nitrogens with one attached hydrogen (secondary N) is 2. The molecule has 166 valence electrons. The summed E-state index contributed by atoms with van der Waals surface area (Å²) >= 11 is 0. The monoisotopic (exact) mass is 425 g/mol. The molecule has 1 aromatic carbocycles. The van der Waals surface area contributed by atoms with Crippen molar-refractivity contribution in [2.45, 2.75) is 52.6 Å². The van der Waals surface area contributed by atoms with E-state index in [2.05, 4.69) is 10.4 Å². The van der Waals surface area contributed by atoms with Crippen LogP contribution < -0.4 is 10.2 Å². The first kappa shape index (κ1) is 22.7. The molecule has 1 aliphatic heterocycles. The van der Waals surface area contributed by atoms with Gasteiger partial charge in [-0.15, -0.1) is 0 Å². The Kier molecular flexibility index (Phi) is 6.95. The molecular weight excluding hydrogens is 392 g/mol. The average molecular weight is 426 g/mol. The Balaban J connectivity index is 1.76. The lowest BCUT2D eigenvalue weighted by molar-refractivity contribution is -0.882. The summed E-state index contributed by atoms with van der Waals surface area (Å²) in [7, 11) is 0. The van der Waals surface area contributed by atoms with Gasteiger partial charge in [-0.3, -0.25) is 9.59 Å². The smallest absolute Gasteiger partial charge is 0.298 e. The van der Waals surface area contributed by atoms with Gasteiger partial charge in [-0.25, -0.2) is 5.01 Å². The molecule has 0 spiro atoms. The van der Waals surface area contributed by atoms with E-state index in [-0.39, 0.29) is 36.5 Å². The van der Waals surface area contributed by atoms with Crippen molar-refractivity contribution in [3.05, 3.63) is 59.5 Å². The number of aryl methyl sites for hydroxylation is 1. The van der Waals surface area contributed by atoms with Crippen LogP contribution in [0.25, 0.3) is 0 Å². The van der Waals surface area contributed by atoms with Crippen molar-refractivity contribution in [1.29, 1.82) is 0 Å². The molecule has 0 saturated carbocycles. The highest BCUT2D eigenvalue weighted by atomic mass is 16.3. The standard InChI is InChI=1S/C24H32N4O3/c1-6-27(15-22(29)25-24(3,4)5)16-23(30)28-20(21-8-7-13-31-21)14-19(26-28)18-11-9-17(2)10-12-18/h7-13,20H,6,14-16H2,1-5H3,(H,25,29)/p+1/t20-/m1/s1. The third-order valence-corrected chi connectivity index (χ3v) is 5.25. The van der Waals surface area contributed by atoms with Gasteiger partial charge in [-0.2, -0.15) is 5.10 Å². The molecule has 0 bridgehead atoms. The Morgan fingerprint density at radius 1 is 1.19 bits per heavy atom. The maximum atomic E-state index is 13.2. The second-order valence-electron chi connectivity index (χ2n) is 9.14. The van der Waals surface area contributed by atoms with Crippen LogP contribution in [0, 0.1) is 6.92 Å². The Hall–Kier alpha value is -2.93. The molecule has 0 aliphatic carbocycles. The number of amides is 2. The molecular formula is C24H33N4O3+. The van der Waals surface area contributed by atoms with Crippen molar-refractivity contribution < 1.29 is 18.9 Å². The van der Waals surface area contributed by atoms with E-state index in [0.717, 1.165) is 16.2 Å². The highest BCUT2D eigenvalue weighted by Crippen LogP contribution is 2.32. The molecule has 2 amide bonds. The van der Waals surface area contributed by atoms with Crippen LogP contribution in [0.15, 0.2) is 52.2 Å². The molecule has 31 heavy (non-hydrogen) atoms. The van der Waals surface area contributed by atoms with Crippen LogP contribution in [0.4, 0.5) is 0 Å². The van der Waals surface area contributed by atoms with Crippen LogP contribution >= 0.6 is 0 Å². The fourth-order valence-corrected chi connectivity index (χ4v) is 3.66. The Morgan fingerprint density at radius 3 is 2.48 bits per heavy atom. The van der Waals surface area contributed by atoms with Crippen molar-refractivity contribution in [1.82, 2.24) is 10.3 Å². The molecule has 2 aromatic rings. The van der Waals surface area contributed by atoms with Gasteiger partial charge in [0.05, 0.1) is 18.5 Å². The van der Waals surface area contributed by atoms with Crippen molar-refractivity contribution in [3.63, 3.8) is 0 Å². The Labute approximate surface area is 184 Å². The fourth-order valence-electron chi connectivity index (χ4n) is 3.66. The molecule has 0 fully saturated rings. The third-order valence-electron chi connectivity index (χ3n) is 5.25. The molecule has 1 aromatic heterocycles. The number of carbonyl (C=O) groups excluding carboxylic acids is 2. The number of hydrazone groups is 1. The van der Waals surface area contributed by atoms with Gasteiger partial charge in [0.25, 0.3) is 11.8 Å². The summed E-state index contributed by atoms with van der Waals surface area (Å²) in [6, 6.07) is 11.6. The zero-order chi connectivity index (χ0) is 22.6. The molecule has 0 saturated heterocycles. The van der Waals surface area contributed by atoms with Crippen LogP contribution in [0.1, 0.15) is 57.0 Å². The number of carbonyl (C=O) groups is 2. The van der Waals surface area contributed by atoms with Crippen molar-refractivity contribution in [3.8, 4) is 0 Å². The normalized spacial score (nSPS) is 17.4. The summed E-state index contributed by atoms with van der Waals surface area (Å²) < 4.78 is 5.61. The van der Waals surface area contributed by atoms with Gasteiger partial charge in [-0.1, -0.05) is 29.8 Å². The highest BCUT2D eigenvalue weighted by molar-refractivity contribution is 6.03. The highest BCUT2D eigenvalue weighted by Gasteiger charge is 2.36. The molecule has 3 rings (SSSR count). The van der Waals surface area contributed by atoms with Gasteiger partial charge in [0.15, 0.2) is 13.1 Å². The molecule has 1 aliphatic rings. The zero-order valence-electron chi connectivity index (χ0n) is 19.1. The zero-order valence-corrected chi connectivity index (χ0v) is 19.1. The van der Waals surface area contributed by atoms with Crippen molar-refractivity contribution in [2.24, 2.45) is 5.10 Å². The van der Waals surface area contributed by atoms with E-state index < -0.39 is 0 Å². The molecule has 2 atom stereocenters. The first-order valence-electron chi connectivity index (χ1n) is 10.8. The predicted molar refractivity (Wildman–Crippen MR) is 120 cm³/mol. The first-order valence-corrected chi connectivity index (χ1v) is 10.8. The number of nitrogens with zero attached hydrogens (tertiary/aromatic N) is 2. The molecule has 2 N–H and O–H groups in total. The number of hydrogen-bond acceptors (Lipinski definition) is 4. The van der Waals surface area contributed by atoms with E-state index in [0.29, 0.717) is 18.7 Å². The summed E-state index contributed by atoms with van der Waals surface area (Å²) in [6.07, 6.45) is 2.20. The lowest BCUT2D eigenvalue weighted by Crippen LogP contribution is -3.14. The average Bonchev–Trinajstić information content (AvgIpc) is 3.36.